The van der Waals surface area contributed by atoms with E-state index in [0.29, 0.717) is 5.69 Å². The highest BCUT2D eigenvalue weighted by Crippen LogP contribution is 2.17. The van der Waals surface area contributed by atoms with Crippen LogP contribution in [0.15, 0.2) is 42.5 Å². The molecule has 2 amide bonds. The van der Waals surface area contributed by atoms with Crippen LogP contribution in [0.1, 0.15) is 28.4 Å². The van der Waals surface area contributed by atoms with Gasteiger partial charge in [0.25, 0.3) is 11.6 Å². The molecule has 0 bridgehead atoms. The molecular formula is C18H19N3O4. The zero-order chi connectivity index (χ0) is 18.6. The molecule has 2 aromatic rings. The molecule has 25 heavy (non-hydrogen) atoms. The number of carbonyl (C=O) groups is 2. The summed E-state index contributed by atoms with van der Waals surface area (Å²) in [6.45, 7) is 5.35. The van der Waals surface area contributed by atoms with Crippen LogP contribution in [-0.4, -0.2) is 22.8 Å². The van der Waals surface area contributed by atoms with Gasteiger partial charge >= 0.3 is 0 Å². The number of nitro benzene ring substituents is 1. The van der Waals surface area contributed by atoms with Crippen LogP contribution in [0.5, 0.6) is 0 Å². The highest BCUT2D eigenvalue weighted by Gasteiger charge is 2.18. The summed E-state index contributed by atoms with van der Waals surface area (Å²) in [5.74, 6) is -0.917. The van der Waals surface area contributed by atoms with Gasteiger partial charge < -0.3 is 10.6 Å². The fourth-order valence-electron chi connectivity index (χ4n) is 2.22. The van der Waals surface area contributed by atoms with Crippen molar-refractivity contribution in [3.05, 3.63) is 69.3 Å². The maximum absolute atomic E-state index is 12.3. The maximum atomic E-state index is 12.3. The molecule has 0 saturated carbocycles. The number of nitrogens with one attached hydrogen (secondary N) is 2. The van der Waals surface area contributed by atoms with Crippen LogP contribution >= 0.6 is 0 Å². The first-order valence-corrected chi connectivity index (χ1v) is 7.71. The predicted molar refractivity (Wildman–Crippen MR) is 94.6 cm³/mol. The van der Waals surface area contributed by atoms with E-state index in [0.717, 1.165) is 11.1 Å². The normalized spacial score (nSPS) is 11.5. The van der Waals surface area contributed by atoms with E-state index in [4.69, 9.17) is 0 Å². The van der Waals surface area contributed by atoms with Crippen molar-refractivity contribution in [3.8, 4) is 0 Å². The van der Waals surface area contributed by atoms with Crippen molar-refractivity contribution >= 4 is 23.2 Å². The van der Waals surface area contributed by atoms with Crippen LogP contribution in [0, 0.1) is 24.0 Å². The Balaban J connectivity index is 2.05. The molecule has 2 rings (SSSR count). The van der Waals surface area contributed by atoms with Crippen molar-refractivity contribution in [2.45, 2.75) is 26.8 Å². The number of aryl methyl sites for hydroxylation is 2. The minimum atomic E-state index is -0.799. The first kappa shape index (κ1) is 18.1. The van der Waals surface area contributed by atoms with Gasteiger partial charge in [-0.15, -0.1) is 0 Å². The van der Waals surface area contributed by atoms with Crippen molar-refractivity contribution in [2.75, 3.05) is 5.32 Å². The van der Waals surface area contributed by atoms with Crippen LogP contribution in [0.4, 0.5) is 11.4 Å². The van der Waals surface area contributed by atoms with Crippen LogP contribution in [0.2, 0.25) is 0 Å². The summed E-state index contributed by atoms with van der Waals surface area (Å²) in [6, 6.07) is 10.2. The van der Waals surface area contributed by atoms with Gasteiger partial charge in [0.05, 0.1) is 4.92 Å². The fourth-order valence-corrected chi connectivity index (χ4v) is 2.22. The molecule has 0 fully saturated rings. The number of hydrogen-bond acceptors (Lipinski definition) is 4. The number of hydrogen-bond donors (Lipinski definition) is 2. The zero-order valence-corrected chi connectivity index (χ0v) is 14.2. The van der Waals surface area contributed by atoms with E-state index >= 15 is 0 Å². The lowest BCUT2D eigenvalue weighted by Gasteiger charge is -2.15. The summed E-state index contributed by atoms with van der Waals surface area (Å²) in [5, 5.41) is 16.1. The van der Waals surface area contributed by atoms with Gasteiger partial charge in [0.1, 0.15) is 6.04 Å². The molecular weight excluding hydrogens is 322 g/mol. The molecule has 2 N–H and O–H groups in total. The highest BCUT2D eigenvalue weighted by molar-refractivity contribution is 6.01. The van der Waals surface area contributed by atoms with Crippen molar-refractivity contribution in [3.63, 3.8) is 0 Å². The average molecular weight is 341 g/mol. The van der Waals surface area contributed by atoms with Crippen molar-refractivity contribution in [2.24, 2.45) is 0 Å². The predicted octanol–water partition coefficient (Wildman–Crippen LogP) is 2.97. The number of carbonyl (C=O) groups excluding carboxylic acids is 2. The van der Waals surface area contributed by atoms with E-state index in [2.05, 4.69) is 10.6 Å². The third-order valence-corrected chi connectivity index (χ3v) is 3.71. The van der Waals surface area contributed by atoms with Gasteiger partial charge in [0.2, 0.25) is 5.91 Å². The van der Waals surface area contributed by atoms with Gasteiger partial charge in [0.15, 0.2) is 0 Å². The smallest absolute Gasteiger partial charge is 0.270 e. The van der Waals surface area contributed by atoms with E-state index in [-0.39, 0.29) is 17.2 Å². The Morgan fingerprint density at radius 1 is 1.12 bits per heavy atom. The Labute approximate surface area is 145 Å². The molecule has 7 heteroatoms. The SMILES string of the molecule is Cc1ccc(C)c(NC(=O)C(C)NC(=O)c2cccc([N+](=O)[O-])c2)c1. The van der Waals surface area contributed by atoms with Crippen LogP contribution in [0.3, 0.4) is 0 Å². The Bertz CT molecular complexity index is 833. The summed E-state index contributed by atoms with van der Waals surface area (Å²) < 4.78 is 0. The molecule has 1 atom stereocenters. The third-order valence-electron chi connectivity index (χ3n) is 3.71. The van der Waals surface area contributed by atoms with E-state index < -0.39 is 16.9 Å². The van der Waals surface area contributed by atoms with Crippen LogP contribution in [-0.2, 0) is 4.79 Å². The molecule has 7 nitrogen and oxygen atoms in total. The average Bonchev–Trinajstić information content (AvgIpc) is 2.58. The van der Waals surface area contributed by atoms with Gasteiger partial charge in [-0.2, -0.15) is 0 Å². The number of benzene rings is 2. The third kappa shape index (κ3) is 4.63. The van der Waals surface area contributed by atoms with E-state index in [1.165, 1.54) is 24.3 Å². The number of nitrogens with zero attached hydrogens (tertiary/aromatic N) is 1. The number of anilines is 1. The van der Waals surface area contributed by atoms with Gasteiger partial charge in [-0.25, -0.2) is 0 Å². The number of nitro groups is 1. The quantitative estimate of drug-likeness (QED) is 0.645. The first-order chi connectivity index (χ1) is 11.8. The Morgan fingerprint density at radius 2 is 1.84 bits per heavy atom. The lowest BCUT2D eigenvalue weighted by atomic mass is 10.1. The molecule has 0 heterocycles. The van der Waals surface area contributed by atoms with Crippen molar-refractivity contribution in [1.82, 2.24) is 5.32 Å². The number of rotatable bonds is 5. The Hall–Kier alpha value is -3.22. The van der Waals surface area contributed by atoms with Gasteiger partial charge in [0, 0.05) is 23.4 Å². The number of non-ortho nitro benzene ring substituents is 1. The van der Waals surface area contributed by atoms with Crippen molar-refractivity contribution < 1.29 is 14.5 Å². The first-order valence-electron chi connectivity index (χ1n) is 7.71. The Kier molecular flexibility index (Phi) is 5.49. The molecule has 0 spiro atoms. The Morgan fingerprint density at radius 3 is 2.52 bits per heavy atom. The van der Waals surface area contributed by atoms with Crippen molar-refractivity contribution in [1.29, 1.82) is 0 Å². The fraction of sp³-hybridized carbons (Fsp3) is 0.222. The largest absolute Gasteiger partial charge is 0.341 e. The monoisotopic (exact) mass is 341 g/mol. The minimum absolute atomic E-state index is 0.126. The molecule has 2 aromatic carbocycles. The minimum Gasteiger partial charge on any atom is -0.341 e. The summed E-state index contributed by atoms with van der Waals surface area (Å²) in [7, 11) is 0. The maximum Gasteiger partial charge on any atom is 0.270 e. The highest BCUT2D eigenvalue weighted by atomic mass is 16.6. The lowest BCUT2D eigenvalue weighted by molar-refractivity contribution is -0.384. The van der Waals surface area contributed by atoms with E-state index in [9.17, 15) is 19.7 Å². The van der Waals surface area contributed by atoms with Crippen LogP contribution in [0.25, 0.3) is 0 Å². The van der Waals surface area contributed by atoms with Gasteiger partial charge in [-0.1, -0.05) is 18.2 Å². The summed E-state index contributed by atoms with van der Waals surface area (Å²) in [5.41, 5.74) is 2.55. The second-order valence-corrected chi connectivity index (χ2v) is 5.81. The standard InChI is InChI=1S/C18H19N3O4/c1-11-7-8-12(2)16(9-11)20-17(22)13(3)19-18(23)14-5-4-6-15(10-14)21(24)25/h4-10,13H,1-3H3,(H,19,23)(H,20,22). The van der Waals surface area contributed by atoms with Gasteiger partial charge in [-0.3, -0.25) is 19.7 Å². The molecule has 0 aliphatic carbocycles. The van der Waals surface area contributed by atoms with E-state index in [1.54, 1.807) is 6.92 Å². The second-order valence-electron chi connectivity index (χ2n) is 5.81. The van der Waals surface area contributed by atoms with E-state index in [1.807, 2.05) is 32.0 Å². The summed E-state index contributed by atoms with van der Waals surface area (Å²) in [6.07, 6.45) is 0. The zero-order valence-electron chi connectivity index (χ0n) is 14.2. The molecule has 0 radical (unpaired) electrons. The summed E-state index contributed by atoms with van der Waals surface area (Å²) >= 11 is 0. The second kappa shape index (κ2) is 7.57. The number of amides is 2. The van der Waals surface area contributed by atoms with Gasteiger partial charge in [-0.05, 0) is 44.0 Å². The topological polar surface area (TPSA) is 101 Å². The molecule has 0 aromatic heterocycles. The molecule has 1 unspecified atom stereocenters. The molecule has 0 saturated heterocycles. The van der Waals surface area contributed by atoms with Crippen LogP contribution < -0.4 is 10.6 Å². The molecule has 0 aliphatic heterocycles. The molecule has 0 aliphatic rings. The molecule has 130 valence electrons. The summed E-state index contributed by atoms with van der Waals surface area (Å²) in [4.78, 5) is 34.7. The lowest BCUT2D eigenvalue weighted by Crippen LogP contribution is -2.41.